The van der Waals surface area contributed by atoms with Gasteiger partial charge in [-0.1, -0.05) is 51.9 Å². The summed E-state index contributed by atoms with van der Waals surface area (Å²) in [6.07, 6.45) is 9.80. The second kappa shape index (κ2) is 17.3. The summed E-state index contributed by atoms with van der Waals surface area (Å²) in [6, 6.07) is 2.81. The normalized spacial score (nSPS) is 20.9. The topological polar surface area (TPSA) is 129 Å². The van der Waals surface area contributed by atoms with E-state index in [0.29, 0.717) is 45.1 Å². The molecule has 0 aromatic heterocycles. The number of hydrogen-bond donors (Lipinski definition) is 4. The fraction of sp³-hybridized carbons (Fsp3) is 0.677. The van der Waals surface area contributed by atoms with Gasteiger partial charge in [-0.3, -0.25) is 9.59 Å². The third-order valence-corrected chi connectivity index (χ3v) is 8.96. The third kappa shape index (κ3) is 9.56. The molecule has 0 spiro atoms. The molecule has 0 heterocycles. The number of ether oxygens (including phenoxy) is 2. The van der Waals surface area contributed by atoms with Crippen LogP contribution >= 0.6 is 22.6 Å². The van der Waals surface area contributed by atoms with Crippen molar-refractivity contribution in [3.63, 3.8) is 0 Å². The van der Waals surface area contributed by atoms with E-state index in [0.717, 1.165) is 32.1 Å². The van der Waals surface area contributed by atoms with E-state index in [1.54, 1.807) is 23.1 Å². The van der Waals surface area contributed by atoms with E-state index in [1.807, 2.05) is 0 Å². The lowest BCUT2D eigenvalue weighted by molar-refractivity contribution is -0.139. The van der Waals surface area contributed by atoms with E-state index >= 15 is 0 Å². The molecule has 1 aromatic rings. The third-order valence-electron chi connectivity index (χ3n) is 8.15. The highest BCUT2D eigenvalue weighted by Gasteiger charge is 2.40. The van der Waals surface area contributed by atoms with E-state index in [9.17, 15) is 24.9 Å². The Bertz CT molecular complexity index is 1030. The zero-order chi connectivity index (χ0) is 29.8. The average Bonchev–Trinajstić information content (AvgIpc) is 3.50. The number of rotatable bonds is 16. The summed E-state index contributed by atoms with van der Waals surface area (Å²) in [6.45, 7) is 2.40. The highest BCUT2D eigenvalue weighted by molar-refractivity contribution is 14.1. The molecule has 0 aliphatic heterocycles. The number of halogens is 1. The van der Waals surface area contributed by atoms with Crippen molar-refractivity contribution in [2.24, 2.45) is 5.92 Å². The van der Waals surface area contributed by atoms with Crippen molar-refractivity contribution in [3.05, 3.63) is 32.9 Å². The predicted molar refractivity (Wildman–Crippen MR) is 166 cm³/mol. The Balaban J connectivity index is 1.91. The molecule has 0 saturated heterocycles. The quantitative estimate of drug-likeness (QED) is 0.153. The molecule has 0 unspecified atom stereocenters. The average molecular weight is 687 g/mol. The van der Waals surface area contributed by atoms with Gasteiger partial charge in [-0.15, -0.1) is 0 Å². The van der Waals surface area contributed by atoms with Crippen molar-refractivity contribution in [1.82, 2.24) is 10.2 Å². The molecule has 41 heavy (non-hydrogen) atoms. The largest absolute Gasteiger partial charge is 0.493 e. The highest BCUT2D eigenvalue weighted by Crippen LogP contribution is 2.37. The van der Waals surface area contributed by atoms with Crippen molar-refractivity contribution >= 4 is 34.4 Å². The van der Waals surface area contributed by atoms with E-state index in [4.69, 9.17) is 9.47 Å². The molecule has 4 N–H and O–H groups in total. The number of aliphatic hydroxyl groups excluding tert-OH is 3. The Kier molecular flexibility index (Phi) is 14.2. The van der Waals surface area contributed by atoms with Gasteiger partial charge in [0.2, 0.25) is 11.8 Å². The number of nitrogens with zero attached hydrogens (tertiary/aromatic N) is 1. The molecule has 0 radical (unpaired) electrons. The van der Waals surface area contributed by atoms with Crippen molar-refractivity contribution in [2.75, 3.05) is 26.8 Å². The molecule has 9 nitrogen and oxygen atoms in total. The summed E-state index contributed by atoms with van der Waals surface area (Å²) in [5, 5.41) is 33.3. The molecule has 1 aromatic carbocycles. The molecule has 230 valence electrons. The second-order valence-corrected chi connectivity index (χ2v) is 12.3. The van der Waals surface area contributed by atoms with Gasteiger partial charge >= 0.3 is 0 Å². The van der Waals surface area contributed by atoms with Crippen LogP contribution in [-0.2, 0) is 16.2 Å². The summed E-state index contributed by atoms with van der Waals surface area (Å²) in [5.41, 5.74) is 1.06. The number of carbonyl (C=O) groups excluding carboxylic acids is 2. The van der Waals surface area contributed by atoms with Gasteiger partial charge in [-0.2, -0.15) is 0 Å². The molecule has 2 aliphatic rings. The van der Waals surface area contributed by atoms with Gasteiger partial charge in [-0.05, 0) is 65.1 Å². The smallest absolute Gasteiger partial charge is 0.247 e. The molecular weight excluding hydrogens is 639 g/mol. The van der Waals surface area contributed by atoms with Crippen molar-refractivity contribution in [3.8, 4) is 11.5 Å². The maximum Gasteiger partial charge on any atom is 0.247 e. The Labute approximate surface area is 257 Å². The van der Waals surface area contributed by atoms with Crippen LogP contribution < -0.4 is 14.8 Å². The lowest BCUT2D eigenvalue weighted by atomic mass is 9.87. The Morgan fingerprint density at radius 1 is 1.15 bits per heavy atom. The van der Waals surface area contributed by atoms with Crippen LogP contribution in [0.25, 0.3) is 0 Å². The van der Waals surface area contributed by atoms with Crippen molar-refractivity contribution in [2.45, 2.75) is 102 Å². The molecular formula is C31H47IN2O7. The molecule has 1 saturated carbocycles. The number of carbonyl (C=O) groups is 2. The van der Waals surface area contributed by atoms with Gasteiger partial charge in [0.1, 0.15) is 12.2 Å². The first kappa shape index (κ1) is 33.6. The van der Waals surface area contributed by atoms with Crippen molar-refractivity contribution < 1.29 is 34.4 Å². The van der Waals surface area contributed by atoms with Gasteiger partial charge in [-0.25, -0.2) is 0 Å². The number of aliphatic hydroxyl groups is 3. The SMILES string of the molecule is CCCCCCN(C(=O)CCC1CCCC1)[C@@H]1CC(C(=O)NCCO)=C[C@H](Oc2c(I)cc(CO)cc2OC)[C@H]1O. The van der Waals surface area contributed by atoms with Crippen LogP contribution in [0.5, 0.6) is 11.5 Å². The Morgan fingerprint density at radius 2 is 1.90 bits per heavy atom. The zero-order valence-electron chi connectivity index (χ0n) is 24.4. The molecule has 10 heteroatoms. The highest BCUT2D eigenvalue weighted by atomic mass is 127. The maximum absolute atomic E-state index is 13.7. The number of benzene rings is 1. The van der Waals surface area contributed by atoms with E-state index in [-0.39, 0.29) is 38.0 Å². The van der Waals surface area contributed by atoms with Crippen LogP contribution in [0, 0.1) is 9.49 Å². The van der Waals surface area contributed by atoms with Crippen LogP contribution in [-0.4, -0.2) is 77.1 Å². The summed E-state index contributed by atoms with van der Waals surface area (Å²) in [7, 11) is 1.50. The lowest BCUT2D eigenvalue weighted by Crippen LogP contribution is -2.55. The molecule has 2 amide bonds. The molecule has 3 atom stereocenters. The van der Waals surface area contributed by atoms with Crippen LogP contribution in [0.15, 0.2) is 23.8 Å². The van der Waals surface area contributed by atoms with Gasteiger partial charge < -0.3 is 35.0 Å². The number of methoxy groups -OCH3 is 1. The minimum absolute atomic E-state index is 0.00711. The fourth-order valence-electron chi connectivity index (χ4n) is 5.85. The van der Waals surface area contributed by atoms with Crippen LogP contribution in [0.1, 0.15) is 83.1 Å². The van der Waals surface area contributed by atoms with Crippen LogP contribution in [0.3, 0.4) is 0 Å². The van der Waals surface area contributed by atoms with Gasteiger partial charge in [0.05, 0.1) is 29.9 Å². The molecule has 1 fully saturated rings. The first-order chi connectivity index (χ1) is 19.8. The number of nitrogens with one attached hydrogen (secondary N) is 1. The van der Waals surface area contributed by atoms with Gasteiger partial charge in [0.25, 0.3) is 0 Å². The molecule has 3 rings (SSSR count). The summed E-state index contributed by atoms with van der Waals surface area (Å²) in [5.74, 6) is 1.02. The number of unbranched alkanes of at least 4 members (excludes halogenated alkanes) is 3. The number of hydrogen-bond acceptors (Lipinski definition) is 7. The second-order valence-electron chi connectivity index (χ2n) is 11.1. The lowest BCUT2D eigenvalue weighted by Gasteiger charge is -2.41. The maximum atomic E-state index is 13.7. The predicted octanol–water partition coefficient (Wildman–Crippen LogP) is 4.09. The zero-order valence-corrected chi connectivity index (χ0v) is 26.6. The van der Waals surface area contributed by atoms with Gasteiger partial charge in [0.15, 0.2) is 11.5 Å². The molecule has 2 aliphatic carbocycles. The standard InChI is InChI=1S/C31H47IN2O7/c1-3-4-5-8-14-34(28(37)12-11-21-9-6-7-10-21)25-18-23(31(39)33-13-15-35)19-26(29(25)38)41-30-24(32)16-22(20-36)17-27(30)40-2/h16-17,19,21,25-26,29,35-36,38H,3-15,18,20H2,1-2H3,(H,33,39)/t25-,26+,29+/m1/s1. The summed E-state index contributed by atoms with van der Waals surface area (Å²) in [4.78, 5) is 28.6. The number of amides is 2. The Hall–Kier alpha value is -1.89. The minimum Gasteiger partial charge on any atom is -0.493 e. The van der Waals surface area contributed by atoms with Crippen LogP contribution in [0.2, 0.25) is 0 Å². The van der Waals surface area contributed by atoms with Gasteiger partial charge in [0, 0.05) is 31.5 Å². The fourth-order valence-corrected chi connectivity index (χ4v) is 6.64. The van der Waals surface area contributed by atoms with Crippen LogP contribution in [0.4, 0.5) is 0 Å². The monoisotopic (exact) mass is 686 g/mol. The minimum atomic E-state index is -1.08. The van der Waals surface area contributed by atoms with E-state index < -0.39 is 18.2 Å². The first-order valence-electron chi connectivity index (χ1n) is 15.0. The summed E-state index contributed by atoms with van der Waals surface area (Å²) < 4.78 is 12.6. The summed E-state index contributed by atoms with van der Waals surface area (Å²) >= 11 is 2.09. The van der Waals surface area contributed by atoms with Crippen molar-refractivity contribution in [1.29, 1.82) is 0 Å². The van der Waals surface area contributed by atoms with E-state index in [2.05, 4.69) is 34.8 Å². The molecule has 0 bridgehead atoms. The Morgan fingerprint density at radius 3 is 2.56 bits per heavy atom. The first-order valence-corrected chi connectivity index (χ1v) is 16.1. The van der Waals surface area contributed by atoms with E-state index in [1.165, 1.54) is 32.8 Å².